The minimum atomic E-state index is -0.528. The van der Waals surface area contributed by atoms with Gasteiger partial charge in [0.05, 0.1) is 0 Å². The first-order chi connectivity index (χ1) is 15.0. The molecule has 0 aliphatic heterocycles. The van der Waals surface area contributed by atoms with Crippen LogP contribution < -0.4 is 5.32 Å². The van der Waals surface area contributed by atoms with Crippen molar-refractivity contribution in [2.45, 2.75) is 91.8 Å². The molecule has 0 fully saturated rings. The standard InChI is InChI=1S/C28H40N2O2/c1-8-21(3)29-27(32)22(4)30(19-24-11-9-10-20(2)18-24)26(31)17-14-23-12-15-25(16-13-23)28(5,6)7/h9-13,15-16,18,21-22H,8,14,17,19H2,1-7H3,(H,29,32)/t21-,22-/m0/s1. The lowest BCUT2D eigenvalue weighted by atomic mass is 9.86. The van der Waals surface area contributed by atoms with E-state index in [4.69, 9.17) is 0 Å². The van der Waals surface area contributed by atoms with Gasteiger partial charge in [-0.15, -0.1) is 0 Å². The van der Waals surface area contributed by atoms with Gasteiger partial charge in [-0.2, -0.15) is 0 Å². The Morgan fingerprint density at radius 2 is 1.66 bits per heavy atom. The van der Waals surface area contributed by atoms with Crippen LogP contribution in [-0.4, -0.2) is 28.8 Å². The van der Waals surface area contributed by atoms with E-state index in [-0.39, 0.29) is 23.3 Å². The molecule has 2 aromatic rings. The van der Waals surface area contributed by atoms with Crippen LogP contribution in [0.4, 0.5) is 0 Å². The first-order valence-corrected chi connectivity index (χ1v) is 11.8. The average molecular weight is 437 g/mol. The molecule has 2 atom stereocenters. The third kappa shape index (κ3) is 7.51. The number of rotatable bonds is 9. The van der Waals surface area contributed by atoms with Crippen LogP contribution >= 0.6 is 0 Å². The number of carbonyl (C=O) groups excluding carboxylic acids is 2. The maximum Gasteiger partial charge on any atom is 0.242 e. The van der Waals surface area contributed by atoms with Gasteiger partial charge in [0.2, 0.25) is 11.8 Å². The number of hydrogen-bond acceptors (Lipinski definition) is 2. The number of amides is 2. The fourth-order valence-electron chi connectivity index (χ4n) is 3.62. The Balaban J connectivity index is 2.14. The second kappa shape index (κ2) is 11.3. The van der Waals surface area contributed by atoms with Crippen molar-refractivity contribution in [3.63, 3.8) is 0 Å². The number of nitrogens with one attached hydrogen (secondary N) is 1. The lowest BCUT2D eigenvalue weighted by Gasteiger charge is -2.30. The molecule has 4 heteroatoms. The van der Waals surface area contributed by atoms with E-state index in [1.807, 2.05) is 45.9 Å². The van der Waals surface area contributed by atoms with E-state index >= 15 is 0 Å². The average Bonchev–Trinajstić information content (AvgIpc) is 2.75. The van der Waals surface area contributed by atoms with Crippen molar-refractivity contribution >= 4 is 11.8 Å². The molecule has 1 N–H and O–H groups in total. The third-order valence-electron chi connectivity index (χ3n) is 6.05. The van der Waals surface area contributed by atoms with Gasteiger partial charge in [0, 0.05) is 19.0 Å². The molecule has 2 amide bonds. The minimum Gasteiger partial charge on any atom is -0.352 e. The van der Waals surface area contributed by atoms with Gasteiger partial charge >= 0.3 is 0 Å². The Labute approximate surface area is 194 Å². The van der Waals surface area contributed by atoms with E-state index in [0.717, 1.165) is 23.1 Å². The Morgan fingerprint density at radius 1 is 1.00 bits per heavy atom. The topological polar surface area (TPSA) is 49.4 Å². The minimum absolute atomic E-state index is 0.00166. The van der Waals surface area contributed by atoms with Crippen LogP contribution in [0.1, 0.15) is 76.6 Å². The summed E-state index contributed by atoms with van der Waals surface area (Å²) in [7, 11) is 0. The van der Waals surface area contributed by atoms with Gasteiger partial charge in [0.25, 0.3) is 0 Å². The molecule has 0 aliphatic rings. The summed E-state index contributed by atoms with van der Waals surface area (Å²) in [6.45, 7) is 14.9. The van der Waals surface area contributed by atoms with Gasteiger partial charge < -0.3 is 10.2 Å². The lowest BCUT2D eigenvalue weighted by Crippen LogP contribution is -2.49. The Bertz CT molecular complexity index is 896. The molecule has 0 radical (unpaired) electrons. The van der Waals surface area contributed by atoms with Crippen molar-refractivity contribution in [3.05, 3.63) is 70.8 Å². The Hall–Kier alpha value is -2.62. The molecule has 0 bridgehead atoms. The van der Waals surface area contributed by atoms with Crippen molar-refractivity contribution in [3.8, 4) is 0 Å². The molecule has 174 valence electrons. The molecule has 2 aromatic carbocycles. The van der Waals surface area contributed by atoms with E-state index in [0.29, 0.717) is 19.4 Å². The van der Waals surface area contributed by atoms with Gasteiger partial charge in [0.15, 0.2) is 0 Å². The highest BCUT2D eigenvalue weighted by Crippen LogP contribution is 2.23. The summed E-state index contributed by atoms with van der Waals surface area (Å²) in [6.07, 6.45) is 1.89. The molecule has 0 saturated heterocycles. The van der Waals surface area contributed by atoms with Crippen LogP contribution in [0, 0.1) is 6.92 Å². The Kier molecular flexibility index (Phi) is 9.06. The SMILES string of the molecule is CC[C@H](C)NC(=O)[C@H](C)N(Cc1cccc(C)c1)C(=O)CCc1ccc(C(C)(C)C)cc1. The van der Waals surface area contributed by atoms with E-state index in [1.54, 1.807) is 4.90 Å². The van der Waals surface area contributed by atoms with Crippen molar-refractivity contribution in [1.82, 2.24) is 10.2 Å². The third-order valence-corrected chi connectivity index (χ3v) is 6.05. The number of benzene rings is 2. The molecule has 0 spiro atoms. The zero-order valence-corrected chi connectivity index (χ0v) is 20.9. The highest BCUT2D eigenvalue weighted by molar-refractivity contribution is 5.87. The zero-order chi connectivity index (χ0) is 23.9. The van der Waals surface area contributed by atoms with Crippen LogP contribution in [0.5, 0.6) is 0 Å². The van der Waals surface area contributed by atoms with Crippen LogP contribution in [0.2, 0.25) is 0 Å². The zero-order valence-electron chi connectivity index (χ0n) is 20.9. The molecule has 0 saturated carbocycles. The van der Waals surface area contributed by atoms with E-state index < -0.39 is 6.04 Å². The quantitative estimate of drug-likeness (QED) is 0.560. The second-order valence-corrected chi connectivity index (χ2v) is 9.95. The van der Waals surface area contributed by atoms with Crippen molar-refractivity contribution in [2.75, 3.05) is 0 Å². The van der Waals surface area contributed by atoms with E-state index in [2.05, 4.69) is 56.4 Å². The van der Waals surface area contributed by atoms with Gasteiger partial charge in [-0.1, -0.05) is 81.8 Å². The van der Waals surface area contributed by atoms with Crippen molar-refractivity contribution < 1.29 is 9.59 Å². The monoisotopic (exact) mass is 436 g/mol. The molecular weight excluding hydrogens is 396 g/mol. The van der Waals surface area contributed by atoms with Crippen LogP contribution in [0.3, 0.4) is 0 Å². The first kappa shape index (κ1) is 25.6. The second-order valence-electron chi connectivity index (χ2n) is 9.95. The summed E-state index contributed by atoms with van der Waals surface area (Å²) in [5.74, 6) is -0.104. The van der Waals surface area contributed by atoms with Crippen LogP contribution in [0.25, 0.3) is 0 Å². The number of carbonyl (C=O) groups is 2. The predicted molar refractivity (Wildman–Crippen MR) is 133 cm³/mol. The summed E-state index contributed by atoms with van der Waals surface area (Å²) < 4.78 is 0. The highest BCUT2D eigenvalue weighted by atomic mass is 16.2. The van der Waals surface area contributed by atoms with Crippen molar-refractivity contribution in [2.24, 2.45) is 0 Å². The largest absolute Gasteiger partial charge is 0.352 e. The number of nitrogens with zero attached hydrogens (tertiary/aromatic N) is 1. The molecule has 0 aliphatic carbocycles. The summed E-state index contributed by atoms with van der Waals surface area (Å²) >= 11 is 0. The summed E-state index contributed by atoms with van der Waals surface area (Å²) in [5, 5.41) is 3.02. The van der Waals surface area contributed by atoms with Gasteiger partial charge in [-0.3, -0.25) is 9.59 Å². The smallest absolute Gasteiger partial charge is 0.242 e. The molecule has 4 nitrogen and oxygen atoms in total. The molecule has 0 heterocycles. The molecular formula is C28H40N2O2. The lowest BCUT2D eigenvalue weighted by molar-refractivity contribution is -0.140. The van der Waals surface area contributed by atoms with Gasteiger partial charge in [-0.05, 0) is 55.7 Å². The molecule has 2 rings (SSSR count). The van der Waals surface area contributed by atoms with Crippen molar-refractivity contribution in [1.29, 1.82) is 0 Å². The maximum atomic E-state index is 13.3. The number of aryl methyl sites for hydroxylation is 2. The van der Waals surface area contributed by atoms with Crippen LogP contribution in [0.15, 0.2) is 48.5 Å². The van der Waals surface area contributed by atoms with Gasteiger partial charge in [-0.25, -0.2) is 0 Å². The predicted octanol–water partition coefficient (Wildman–Crippen LogP) is 5.56. The maximum absolute atomic E-state index is 13.3. The highest BCUT2D eigenvalue weighted by Gasteiger charge is 2.26. The summed E-state index contributed by atoms with van der Waals surface area (Å²) in [4.78, 5) is 27.8. The van der Waals surface area contributed by atoms with Crippen LogP contribution in [-0.2, 0) is 28.0 Å². The fourth-order valence-corrected chi connectivity index (χ4v) is 3.62. The van der Waals surface area contributed by atoms with E-state index in [9.17, 15) is 9.59 Å². The van der Waals surface area contributed by atoms with Gasteiger partial charge in [0.1, 0.15) is 6.04 Å². The number of hydrogen-bond donors (Lipinski definition) is 1. The molecule has 32 heavy (non-hydrogen) atoms. The Morgan fingerprint density at radius 3 is 2.22 bits per heavy atom. The molecule has 0 aromatic heterocycles. The van der Waals surface area contributed by atoms with E-state index in [1.165, 1.54) is 5.56 Å². The molecule has 0 unspecified atom stereocenters. The normalized spacial score (nSPS) is 13.3. The summed E-state index contributed by atoms with van der Waals surface area (Å²) in [6, 6.07) is 16.2. The fraction of sp³-hybridized carbons (Fsp3) is 0.500. The summed E-state index contributed by atoms with van der Waals surface area (Å²) in [5.41, 5.74) is 4.71. The first-order valence-electron chi connectivity index (χ1n) is 11.8.